The molecule has 0 unspecified atom stereocenters. The van der Waals surface area contributed by atoms with Gasteiger partial charge in [-0.05, 0) is 107 Å². The lowest BCUT2D eigenvalue weighted by molar-refractivity contribution is -0.107. The van der Waals surface area contributed by atoms with Crippen molar-refractivity contribution in [1.82, 2.24) is 0 Å². The minimum atomic E-state index is -0.0235. The summed E-state index contributed by atoms with van der Waals surface area (Å²) in [6.07, 6.45) is 4.46. The van der Waals surface area contributed by atoms with Crippen LogP contribution in [0.3, 0.4) is 0 Å². The molecule has 0 aliphatic heterocycles. The van der Waals surface area contributed by atoms with Crippen molar-refractivity contribution in [2.24, 2.45) is 0 Å². The Labute approximate surface area is 260 Å². The smallest absolute Gasteiger partial charge is 0.224 e. The van der Waals surface area contributed by atoms with Crippen molar-refractivity contribution in [3.63, 3.8) is 0 Å². The van der Waals surface area contributed by atoms with Crippen LogP contribution < -0.4 is 9.47 Å². The Bertz CT molecular complexity index is 1600. The largest absolute Gasteiger partial charge is 0.494 e. The minimum absolute atomic E-state index is 0.0207. The zero-order valence-electron chi connectivity index (χ0n) is 23.9. The number of hydrogen-bond donors (Lipinski definition) is 0. The molecule has 0 N–H and O–H groups in total. The predicted molar refractivity (Wildman–Crippen MR) is 177 cm³/mol. The van der Waals surface area contributed by atoms with Crippen LogP contribution in [-0.4, -0.2) is 48.7 Å². The van der Waals surface area contributed by atoms with Gasteiger partial charge in [-0.3, -0.25) is 14.4 Å². The molecule has 4 rings (SSSR count). The molecule has 4 aromatic rings. The van der Waals surface area contributed by atoms with Gasteiger partial charge in [0, 0.05) is 28.4 Å². The van der Waals surface area contributed by atoms with E-state index in [1.165, 1.54) is 29.6 Å². The van der Waals surface area contributed by atoms with Gasteiger partial charge in [-0.2, -0.15) is 0 Å². The van der Waals surface area contributed by atoms with Crippen molar-refractivity contribution in [3.05, 3.63) is 103 Å². The molecule has 0 saturated heterocycles. The van der Waals surface area contributed by atoms with Gasteiger partial charge in [0.05, 0.1) is 19.8 Å². The van der Waals surface area contributed by atoms with Crippen LogP contribution in [0.4, 0.5) is 0 Å². The molecule has 0 amide bonds. The van der Waals surface area contributed by atoms with E-state index in [1.54, 1.807) is 0 Å². The Morgan fingerprint density at radius 2 is 1.42 bits per heavy atom. The molecule has 0 heterocycles. The van der Waals surface area contributed by atoms with E-state index in [0.717, 1.165) is 57.2 Å². The van der Waals surface area contributed by atoms with E-state index in [4.69, 9.17) is 14.2 Å². The number of benzene rings is 4. The molecule has 43 heavy (non-hydrogen) atoms. The third-order valence-electron chi connectivity index (χ3n) is 6.45. The maximum Gasteiger partial charge on any atom is 0.224 e. The standard InChI is InChI=1S/C35H34O6S2/c1-3-34(37)42-20-6-19-41-30-12-16-33-27(22-30)8-7-26-21-28(9-15-32(26)33)35(38)43-31-13-10-29(11-14-31)40-18-5-4-17-39-24-25(2)23-36/h3,7-16,21-23H,1-2,4-6,17-20,24H2. The highest BCUT2D eigenvalue weighted by atomic mass is 32.2. The SMILES string of the molecule is C=CC(=O)SCCCOc1ccc2c(ccc3cc(C(=O)Sc4ccc(OCCCCOCC(=C)C=O)cc4)ccc32)c1. The summed E-state index contributed by atoms with van der Waals surface area (Å²) < 4.78 is 17.0. The molecule has 0 fully saturated rings. The summed E-state index contributed by atoms with van der Waals surface area (Å²) >= 11 is 2.44. The minimum Gasteiger partial charge on any atom is -0.494 e. The average molecular weight is 615 g/mol. The quantitative estimate of drug-likeness (QED) is 0.0388. The summed E-state index contributed by atoms with van der Waals surface area (Å²) in [5.74, 6) is 2.23. The number of fused-ring (bicyclic) bond motifs is 3. The van der Waals surface area contributed by atoms with Crippen LogP contribution in [0.25, 0.3) is 21.5 Å². The average Bonchev–Trinajstić information content (AvgIpc) is 3.04. The highest BCUT2D eigenvalue weighted by molar-refractivity contribution is 8.14. The number of ether oxygens (including phenoxy) is 3. The Hall–Kier alpha value is -3.85. The molecule has 0 bridgehead atoms. The van der Waals surface area contributed by atoms with Crippen molar-refractivity contribution in [2.75, 3.05) is 32.2 Å². The van der Waals surface area contributed by atoms with Crippen LogP contribution >= 0.6 is 23.5 Å². The number of thioether (sulfide) groups is 2. The van der Waals surface area contributed by atoms with Crippen LogP contribution in [-0.2, 0) is 14.3 Å². The van der Waals surface area contributed by atoms with Gasteiger partial charge in [0.15, 0.2) is 0 Å². The summed E-state index contributed by atoms with van der Waals surface area (Å²) in [5.41, 5.74) is 1.08. The van der Waals surface area contributed by atoms with Gasteiger partial charge in [0.25, 0.3) is 0 Å². The first-order valence-corrected chi connectivity index (χ1v) is 15.8. The number of hydrogen-bond acceptors (Lipinski definition) is 8. The van der Waals surface area contributed by atoms with Gasteiger partial charge in [-0.1, -0.05) is 49.2 Å². The zero-order chi connectivity index (χ0) is 30.4. The van der Waals surface area contributed by atoms with E-state index in [-0.39, 0.29) is 16.8 Å². The summed E-state index contributed by atoms with van der Waals surface area (Å²) in [6.45, 7) is 8.96. The second-order valence-corrected chi connectivity index (χ2v) is 11.8. The normalized spacial score (nSPS) is 10.9. The van der Waals surface area contributed by atoms with Crippen molar-refractivity contribution in [1.29, 1.82) is 0 Å². The predicted octanol–water partition coefficient (Wildman–Crippen LogP) is 8.07. The van der Waals surface area contributed by atoms with Crippen LogP contribution in [0, 0.1) is 0 Å². The van der Waals surface area contributed by atoms with E-state index < -0.39 is 0 Å². The van der Waals surface area contributed by atoms with Gasteiger partial charge in [0.1, 0.15) is 17.8 Å². The maximum atomic E-state index is 13.1. The number of aldehydes is 1. The van der Waals surface area contributed by atoms with Gasteiger partial charge >= 0.3 is 0 Å². The number of carbonyl (C=O) groups excluding carboxylic acids is 3. The highest BCUT2D eigenvalue weighted by Crippen LogP contribution is 2.31. The monoisotopic (exact) mass is 614 g/mol. The second kappa shape index (κ2) is 16.7. The van der Waals surface area contributed by atoms with E-state index in [2.05, 4.69) is 13.2 Å². The number of unbranched alkanes of at least 4 members (excludes halogenated alkanes) is 1. The van der Waals surface area contributed by atoms with Crippen molar-refractivity contribution < 1.29 is 28.6 Å². The van der Waals surface area contributed by atoms with Crippen LogP contribution in [0.15, 0.2) is 102 Å². The van der Waals surface area contributed by atoms with Crippen LogP contribution in [0.2, 0.25) is 0 Å². The second-order valence-electron chi connectivity index (χ2n) is 9.70. The maximum absolute atomic E-state index is 13.1. The lowest BCUT2D eigenvalue weighted by Gasteiger charge is -2.10. The van der Waals surface area contributed by atoms with E-state index in [9.17, 15) is 14.4 Å². The summed E-state index contributed by atoms with van der Waals surface area (Å²) in [7, 11) is 0. The molecule has 0 saturated carbocycles. The fourth-order valence-corrected chi connectivity index (χ4v) is 5.56. The molecule has 0 spiro atoms. The number of rotatable bonds is 17. The molecule has 0 aromatic heterocycles. The van der Waals surface area contributed by atoms with E-state index >= 15 is 0 Å². The molecule has 222 valence electrons. The Morgan fingerprint density at radius 1 is 0.767 bits per heavy atom. The van der Waals surface area contributed by atoms with Gasteiger partial charge in [-0.25, -0.2) is 0 Å². The van der Waals surface area contributed by atoms with Crippen molar-refractivity contribution in [2.45, 2.75) is 24.2 Å². The fourth-order valence-electron chi connectivity index (χ4n) is 4.25. The molecule has 4 aromatic carbocycles. The van der Waals surface area contributed by atoms with Crippen molar-refractivity contribution >= 4 is 61.6 Å². The highest BCUT2D eigenvalue weighted by Gasteiger charge is 2.11. The first-order chi connectivity index (χ1) is 21.0. The van der Waals surface area contributed by atoms with E-state index in [1.807, 2.05) is 72.8 Å². The molecule has 0 atom stereocenters. The van der Waals surface area contributed by atoms with Crippen molar-refractivity contribution in [3.8, 4) is 11.5 Å². The van der Waals surface area contributed by atoms with Crippen LogP contribution in [0.1, 0.15) is 29.6 Å². The Morgan fingerprint density at radius 3 is 2.16 bits per heavy atom. The fraction of sp³-hybridized carbons (Fsp3) is 0.229. The first-order valence-electron chi connectivity index (χ1n) is 14.0. The molecular formula is C35H34O6S2. The molecule has 0 aliphatic rings. The summed E-state index contributed by atoms with van der Waals surface area (Å²) in [4.78, 5) is 35.7. The molecule has 0 radical (unpaired) electrons. The third-order valence-corrected chi connectivity index (χ3v) is 8.32. The Balaban J connectivity index is 1.27. The van der Waals surface area contributed by atoms with E-state index in [0.29, 0.717) is 43.0 Å². The zero-order valence-corrected chi connectivity index (χ0v) is 25.6. The summed E-state index contributed by atoms with van der Waals surface area (Å²) in [6, 6.07) is 23.4. The lowest BCUT2D eigenvalue weighted by atomic mass is 10.0. The molecular weight excluding hydrogens is 581 g/mol. The van der Waals surface area contributed by atoms with Gasteiger partial charge < -0.3 is 14.2 Å². The van der Waals surface area contributed by atoms with Gasteiger partial charge in [0.2, 0.25) is 10.2 Å². The number of carbonyl (C=O) groups is 3. The lowest BCUT2D eigenvalue weighted by Crippen LogP contribution is -2.03. The molecule has 8 heteroatoms. The first kappa shape index (κ1) is 32.1. The molecule has 0 aliphatic carbocycles. The Kier molecular flexibility index (Phi) is 12.5. The third kappa shape index (κ3) is 9.85. The summed E-state index contributed by atoms with van der Waals surface area (Å²) in [5, 5.41) is 4.18. The molecule has 6 nitrogen and oxygen atoms in total. The van der Waals surface area contributed by atoms with Crippen LogP contribution in [0.5, 0.6) is 11.5 Å². The van der Waals surface area contributed by atoms with Gasteiger partial charge in [-0.15, -0.1) is 0 Å². The topological polar surface area (TPSA) is 78.9 Å².